The first kappa shape index (κ1) is 25.9. The summed E-state index contributed by atoms with van der Waals surface area (Å²) in [6, 6.07) is 7.72. The maximum atomic E-state index is 13.6. The highest BCUT2D eigenvalue weighted by Crippen LogP contribution is 2.48. The van der Waals surface area contributed by atoms with Gasteiger partial charge in [-0.1, -0.05) is 19.1 Å². The van der Waals surface area contributed by atoms with Crippen molar-refractivity contribution >= 4 is 0 Å². The van der Waals surface area contributed by atoms with Gasteiger partial charge in [0.25, 0.3) is 0 Å². The Morgan fingerprint density at radius 2 is 1.51 bits per heavy atom. The Morgan fingerprint density at radius 3 is 2.06 bits per heavy atom. The fraction of sp³-hybridized carbons (Fsp3) is 0.538. The van der Waals surface area contributed by atoms with Gasteiger partial charge < -0.3 is 9.64 Å². The molecule has 192 valence electrons. The van der Waals surface area contributed by atoms with Crippen LogP contribution in [0.25, 0.3) is 0 Å². The number of benzene rings is 2. The lowest BCUT2D eigenvalue weighted by molar-refractivity contribution is -0.143. The fourth-order valence-electron chi connectivity index (χ4n) is 5.65. The minimum absolute atomic E-state index is 0.126. The molecule has 0 N–H and O–H groups in total. The maximum absolute atomic E-state index is 13.6. The van der Waals surface area contributed by atoms with E-state index < -0.39 is 35.7 Å². The first-order valence-corrected chi connectivity index (χ1v) is 11.8. The predicted molar refractivity (Wildman–Crippen MR) is 117 cm³/mol. The lowest BCUT2D eigenvalue weighted by Gasteiger charge is -2.41. The second kappa shape index (κ2) is 9.73. The molecule has 1 aliphatic heterocycles. The molecule has 2 aromatic rings. The van der Waals surface area contributed by atoms with Crippen LogP contribution in [0.2, 0.25) is 0 Å². The fourth-order valence-corrected chi connectivity index (χ4v) is 5.65. The predicted octanol–water partition coefficient (Wildman–Crippen LogP) is 7.46. The Balaban J connectivity index is 1.65. The van der Waals surface area contributed by atoms with Gasteiger partial charge in [-0.2, -0.15) is 26.3 Å². The molecule has 0 radical (unpaired) electrons. The Bertz CT molecular complexity index is 986. The van der Waals surface area contributed by atoms with Crippen molar-refractivity contribution in [1.29, 1.82) is 0 Å². The first-order chi connectivity index (χ1) is 16.4. The number of halogens is 7. The molecule has 35 heavy (non-hydrogen) atoms. The molecule has 0 aromatic heterocycles. The van der Waals surface area contributed by atoms with Crippen LogP contribution >= 0.6 is 0 Å². The highest BCUT2D eigenvalue weighted by molar-refractivity contribution is 5.35. The van der Waals surface area contributed by atoms with E-state index in [1.807, 2.05) is 0 Å². The van der Waals surface area contributed by atoms with Crippen molar-refractivity contribution < 1.29 is 35.5 Å². The van der Waals surface area contributed by atoms with Crippen LogP contribution in [0.4, 0.5) is 30.7 Å². The van der Waals surface area contributed by atoms with Crippen LogP contribution in [-0.2, 0) is 17.1 Å². The minimum atomic E-state index is -4.92. The van der Waals surface area contributed by atoms with Gasteiger partial charge in [0.15, 0.2) is 0 Å². The summed E-state index contributed by atoms with van der Waals surface area (Å²) in [5, 5.41) is 0. The lowest BCUT2D eigenvalue weighted by atomic mass is 9.69. The zero-order chi connectivity index (χ0) is 25.5. The molecule has 2 fully saturated rings. The SMILES string of the molecule is CCN1C[C@@H]2CC[C@H](O[C@H](C)c3cc(C(F)(F)F)cc(C(F)(F)F)c3)[C@@H](c3ccc(F)cc3)[C@@H]2C1. The summed E-state index contributed by atoms with van der Waals surface area (Å²) >= 11 is 0. The van der Waals surface area contributed by atoms with E-state index in [9.17, 15) is 30.7 Å². The summed E-state index contributed by atoms with van der Waals surface area (Å²) in [7, 11) is 0. The van der Waals surface area contributed by atoms with Crippen LogP contribution in [-0.4, -0.2) is 30.6 Å². The van der Waals surface area contributed by atoms with Crippen LogP contribution in [0.15, 0.2) is 42.5 Å². The number of likely N-dealkylation sites (tertiary alicyclic amines) is 1. The molecule has 4 rings (SSSR count). The van der Waals surface area contributed by atoms with E-state index in [-0.39, 0.29) is 29.3 Å². The Morgan fingerprint density at radius 1 is 0.914 bits per heavy atom. The van der Waals surface area contributed by atoms with Gasteiger partial charge in [0, 0.05) is 19.0 Å². The molecular formula is C26H28F7NO. The van der Waals surface area contributed by atoms with E-state index in [1.54, 1.807) is 12.1 Å². The van der Waals surface area contributed by atoms with E-state index in [4.69, 9.17) is 4.74 Å². The lowest BCUT2D eigenvalue weighted by Crippen LogP contribution is -2.38. The van der Waals surface area contributed by atoms with Crippen molar-refractivity contribution in [3.05, 3.63) is 70.5 Å². The highest BCUT2D eigenvalue weighted by Gasteiger charge is 2.46. The van der Waals surface area contributed by atoms with Crippen molar-refractivity contribution in [2.75, 3.05) is 19.6 Å². The topological polar surface area (TPSA) is 12.5 Å². The standard InChI is InChI=1S/C26H28F7NO/c1-3-34-13-17-6-9-23(24(22(17)14-34)16-4-7-21(27)8-5-16)35-15(2)18-10-19(25(28,29)30)12-20(11-18)26(31,32)33/h4-5,7-8,10-12,15,17,22-24H,3,6,9,13-14H2,1-2H3/t15-,17+,22-,23+,24+/m1/s1. The molecule has 2 aliphatic rings. The van der Waals surface area contributed by atoms with E-state index >= 15 is 0 Å². The molecule has 0 amide bonds. The van der Waals surface area contributed by atoms with Gasteiger partial charge in [-0.3, -0.25) is 0 Å². The number of ether oxygens (including phenoxy) is 1. The maximum Gasteiger partial charge on any atom is 0.416 e. The van der Waals surface area contributed by atoms with E-state index in [0.717, 1.165) is 43.8 Å². The molecular weight excluding hydrogens is 475 g/mol. The summed E-state index contributed by atoms with van der Waals surface area (Å²) in [4.78, 5) is 2.33. The van der Waals surface area contributed by atoms with Crippen molar-refractivity contribution in [1.82, 2.24) is 4.90 Å². The van der Waals surface area contributed by atoms with Gasteiger partial charge in [0.05, 0.1) is 23.3 Å². The second-order valence-corrected chi connectivity index (χ2v) is 9.59. The Labute approximate surface area is 200 Å². The van der Waals surface area contributed by atoms with Crippen LogP contribution in [0.1, 0.15) is 61.0 Å². The van der Waals surface area contributed by atoms with Gasteiger partial charge in [-0.05, 0) is 79.6 Å². The number of hydrogen-bond donors (Lipinski definition) is 0. The number of fused-ring (bicyclic) bond motifs is 1. The van der Waals surface area contributed by atoms with Crippen molar-refractivity contribution in [2.24, 2.45) is 11.8 Å². The van der Waals surface area contributed by atoms with E-state index in [2.05, 4.69) is 11.8 Å². The molecule has 0 unspecified atom stereocenters. The number of alkyl halides is 6. The van der Waals surface area contributed by atoms with Gasteiger partial charge in [0.1, 0.15) is 5.82 Å². The summed E-state index contributed by atoms with van der Waals surface area (Å²) in [5.74, 6) is 0.0996. The molecule has 1 aliphatic carbocycles. The van der Waals surface area contributed by atoms with Crippen LogP contribution in [0, 0.1) is 17.7 Å². The normalized spacial score (nSPS) is 26.5. The molecule has 1 saturated carbocycles. The molecule has 2 nitrogen and oxygen atoms in total. The van der Waals surface area contributed by atoms with Crippen LogP contribution in [0.3, 0.4) is 0 Å². The minimum Gasteiger partial charge on any atom is -0.370 e. The average Bonchev–Trinajstić information content (AvgIpc) is 3.22. The Hall–Kier alpha value is -2.13. The second-order valence-electron chi connectivity index (χ2n) is 9.59. The third-order valence-electron chi connectivity index (χ3n) is 7.41. The molecule has 0 bridgehead atoms. The summed E-state index contributed by atoms with van der Waals surface area (Å²) in [5.41, 5.74) is -2.01. The van der Waals surface area contributed by atoms with E-state index in [0.29, 0.717) is 12.3 Å². The first-order valence-electron chi connectivity index (χ1n) is 11.8. The number of nitrogens with zero attached hydrogens (tertiary/aromatic N) is 1. The van der Waals surface area contributed by atoms with Crippen molar-refractivity contribution in [3.63, 3.8) is 0 Å². The van der Waals surface area contributed by atoms with Gasteiger partial charge >= 0.3 is 12.4 Å². The molecule has 2 aromatic carbocycles. The molecule has 1 heterocycles. The van der Waals surface area contributed by atoms with Crippen LogP contribution < -0.4 is 0 Å². The average molecular weight is 504 g/mol. The zero-order valence-corrected chi connectivity index (χ0v) is 19.5. The smallest absolute Gasteiger partial charge is 0.370 e. The monoisotopic (exact) mass is 503 g/mol. The summed E-state index contributed by atoms with van der Waals surface area (Å²) in [6.45, 7) is 6.20. The van der Waals surface area contributed by atoms with Crippen molar-refractivity contribution in [3.8, 4) is 0 Å². The van der Waals surface area contributed by atoms with Gasteiger partial charge in [-0.15, -0.1) is 0 Å². The summed E-state index contributed by atoms with van der Waals surface area (Å²) in [6.07, 6.45) is -9.78. The third-order valence-corrected chi connectivity index (χ3v) is 7.41. The molecule has 9 heteroatoms. The largest absolute Gasteiger partial charge is 0.416 e. The highest BCUT2D eigenvalue weighted by atomic mass is 19.4. The number of rotatable bonds is 5. The van der Waals surface area contributed by atoms with Crippen molar-refractivity contribution in [2.45, 2.75) is 57.2 Å². The van der Waals surface area contributed by atoms with Gasteiger partial charge in [-0.25, -0.2) is 4.39 Å². The zero-order valence-electron chi connectivity index (χ0n) is 19.5. The summed E-state index contributed by atoms with van der Waals surface area (Å²) < 4.78 is 99.9. The van der Waals surface area contributed by atoms with E-state index in [1.165, 1.54) is 19.1 Å². The molecule has 1 saturated heterocycles. The quantitative estimate of drug-likeness (QED) is 0.393. The Kier molecular flexibility index (Phi) is 7.21. The number of hydrogen-bond acceptors (Lipinski definition) is 2. The third kappa shape index (κ3) is 5.66. The molecule has 0 spiro atoms. The molecule has 5 atom stereocenters. The van der Waals surface area contributed by atoms with Crippen LogP contribution in [0.5, 0.6) is 0 Å². The van der Waals surface area contributed by atoms with Gasteiger partial charge in [0.2, 0.25) is 0 Å².